The van der Waals surface area contributed by atoms with E-state index in [2.05, 4.69) is 33.0 Å². The highest BCUT2D eigenvalue weighted by molar-refractivity contribution is 5.86. The molecular weight excluding hydrogens is 757 g/mol. The molecule has 2 N–H and O–H groups in total. The summed E-state index contributed by atoms with van der Waals surface area (Å²) in [4.78, 5) is 64.0. The minimum Gasteiger partial charge on any atom is -0.481 e. The summed E-state index contributed by atoms with van der Waals surface area (Å²) >= 11 is 0. The average molecular weight is 851 g/mol. The largest absolute Gasteiger partial charge is 0.481 e. The van der Waals surface area contributed by atoms with Crippen LogP contribution in [0.4, 0.5) is 0 Å². The molecular formula is C50H94N2O8. The number of nitrogens with one attached hydrogen (secondary N) is 1. The lowest BCUT2D eigenvalue weighted by atomic mass is 9.94. The quantitative estimate of drug-likeness (QED) is 0.0456. The SMILES string of the molecule is CCCCCCCCC(CCCCCC)C(=O)OCCCCCCN(CCCCCCOC(=O)C(CCCCCC)CCCCCCCC)C(=O)CNC(=O)CCC(=O)O. The molecule has 2 amide bonds. The molecule has 0 aliphatic heterocycles. The van der Waals surface area contributed by atoms with Gasteiger partial charge >= 0.3 is 17.9 Å². The zero-order valence-electron chi connectivity index (χ0n) is 39.5. The third-order valence-corrected chi connectivity index (χ3v) is 11.8. The predicted octanol–water partition coefficient (Wildman–Crippen LogP) is 12.7. The van der Waals surface area contributed by atoms with E-state index in [1.54, 1.807) is 4.90 Å². The molecule has 0 spiro atoms. The number of carboxylic acids is 1. The Balaban J connectivity index is 4.81. The van der Waals surface area contributed by atoms with Gasteiger partial charge in [0.25, 0.3) is 0 Å². The molecule has 0 heterocycles. The minimum absolute atomic E-state index is 0.00409. The molecule has 0 aromatic rings. The van der Waals surface area contributed by atoms with Crippen molar-refractivity contribution < 1.29 is 38.6 Å². The summed E-state index contributed by atoms with van der Waals surface area (Å²) in [5, 5.41) is 11.5. The van der Waals surface area contributed by atoms with Gasteiger partial charge in [-0.25, -0.2) is 0 Å². The molecule has 0 saturated carbocycles. The van der Waals surface area contributed by atoms with Gasteiger partial charge in [-0.15, -0.1) is 0 Å². The molecule has 0 aromatic heterocycles. The van der Waals surface area contributed by atoms with E-state index in [0.29, 0.717) is 26.3 Å². The molecule has 0 radical (unpaired) electrons. The fraction of sp³-hybridized carbons (Fsp3) is 0.900. The van der Waals surface area contributed by atoms with Crippen molar-refractivity contribution in [2.45, 2.75) is 246 Å². The summed E-state index contributed by atoms with van der Waals surface area (Å²) in [5.41, 5.74) is 0. The van der Waals surface area contributed by atoms with E-state index in [4.69, 9.17) is 14.6 Å². The zero-order valence-corrected chi connectivity index (χ0v) is 39.5. The zero-order chi connectivity index (χ0) is 44.3. The van der Waals surface area contributed by atoms with Crippen molar-refractivity contribution in [3.63, 3.8) is 0 Å². The third kappa shape index (κ3) is 36.0. The van der Waals surface area contributed by atoms with Crippen molar-refractivity contribution in [1.82, 2.24) is 10.2 Å². The van der Waals surface area contributed by atoms with E-state index in [1.807, 2.05) is 0 Å². The maximum absolute atomic E-state index is 13.2. The number of ether oxygens (including phenoxy) is 2. The highest BCUT2D eigenvalue weighted by Crippen LogP contribution is 2.22. The number of unbranched alkanes of at least 4 members (excludes halogenated alkanes) is 22. The monoisotopic (exact) mass is 851 g/mol. The molecule has 0 saturated heterocycles. The fourth-order valence-electron chi connectivity index (χ4n) is 7.79. The molecule has 0 aliphatic rings. The first kappa shape index (κ1) is 57.3. The second kappa shape index (κ2) is 43.0. The van der Waals surface area contributed by atoms with Crippen LogP contribution in [0.15, 0.2) is 0 Å². The summed E-state index contributed by atoms with van der Waals surface area (Å²) in [6, 6.07) is 0. The summed E-state index contributed by atoms with van der Waals surface area (Å²) in [6.45, 7) is 10.7. The maximum atomic E-state index is 13.2. The van der Waals surface area contributed by atoms with Crippen LogP contribution in [0.3, 0.4) is 0 Å². The molecule has 2 unspecified atom stereocenters. The summed E-state index contributed by atoms with van der Waals surface area (Å²) < 4.78 is 11.6. The van der Waals surface area contributed by atoms with Crippen molar-refractivity contribution in [1.29, 1.82) is 0 Å². The summed E-state index contributed by atoms with van der Waals surface area (Å²) in [5.74, 6) is -1.73. The smallest absolute Gasteiger partial charge is 0.308 e. The van der Waals surface area contributed by atoms with Crippen LogP contribution in [0.1, 0.15) is 246 Å². The van der Waals surface area contributed by atoms with Crippen LogP contribution < -0.4 is 5.32 Å². The van der Waals surface area contributed by atoms with Gasteiger partial charge in [0.1, 0.15) is 0 Å². The van der Waals surface area contributed by atoms with Gasteiger partial charge in [0.2, 0.25) is 11.8 Å². The number of hydrogen-bond acceptors (Lipinski definition) is 7. The second-order valence-electron chi connectivity index (χ2n) is 17.4. The van der Waals surface area contributed by atoms with Crippen LogP contribution in [0.2, 0.25) is 0 Å². The molecule has 352 valence electrons. The van der Waals surface area contributed by atoms with Crippen molar-refractivity contribution in [3.05, 3.63) is 0 Å². The van der Waals surface area contributed by atoms with E-state index in [9.17, 15) is 24.0 Å². The lowest BCUT2D eigenvalue weighted by Gasteiger charge is -2.23. The van der Waals surface area contributed by atoms with Crippen molar-refractivity contribution >= 4 is 29.7 Å². The Morgan fingerprint density at radius 1 is 0.450 bits per heavy atom. The van der Waals surface area contributed by atoms with Gasteiger partial charge in [-0.2, -0.15) is 0 Å². The normalized spacial score (nSPS) is 12.2. The van der Waals surface area contributed by atoms with Gasteiger partial charge in [-0.05, 0) is 64.2 Å². The molecule has 10 nitrogen and oxygen atoms in total. The number of esters is 2. The van der Waals surface area contributed by atoms with Gasteiger partial charge in [-0.1, -0.05) is 169 Å². The Hall–Kier alpha value is -2.65. The molecule has 0 rings (SSSR count). The van der Waals surface area contributed by atoms with Crippen LogP contribution in [-0.4, -0.2) is 72.6 Å². The second-order valence-corrected chi connectivity index (χ2v) is 17.4. The number of amides is 2. The third-order valence-electron chi connectivity index (χ3n) is 11.8. The highest BCUT2D eigenvalue weighted by atomic mass is 16.5. The minimum atomic E-state index is -1.05. The van der Waals surface area contributed by atoms with E-state index in [-0.39, 0.29) is 49.1 Å². The molecule has 2 atom stereocenters. The van der Waals surface area contributed by atoms with Gasteiger partial charge in [0.05, 0.1) is 38.0 Å². The van der Waals surface area contributed by atoms with E-state index < -0.39 is 11.9 Å². The molecule has 60 heavy (non-hydrogen) atoms. The van der Waals surface area contributed by atoms with Crippen LogP contribution >= 0.6 is 0 Å². The van der Waals surface area contributed by atoms with Gasteiger partial charge in [0.15, 0.2) is 0 Å². The van der Waals surface area contributed by atoms with Crippen LogP contribution in [0.25, 0.3) is 0 Å². The molecule has 0 fully saturated rings. The summed E-state index contributed by atoms with van der Waals surface area (Å²) in [6.07, 6.45) is 34.0. The Labute approximate surface area is 368 Å². The number of hydrogen-bond donors (Lipinski definition) is 2. The fourth-order valence-corrected chi connectivity index (χ4v) is 7.79. The average Bonchev–Trinajstić information content (AvgIpc) is 3.24. The van der Waals surface area contributed by atoms with E-state index >= 15 is 0 Å². The van der Waals surface area contributed by atoms with E-state index in [1.165, 1.54) is 103 Å². The van der Waals surface area contributed by atoms with Crippen LogP contribution in [0.5, 0.6) is 0 Å². The van der Waals surface area contributed by atoms with Crippen LogP contribution in [0, 0.1) is 11.8 Å². The number of carbonyl (C=O) groups is 5. The summed E-state index contributed by atoms with van der Waals surface area (Å²) in [7, 11) is 0. The number of rotatable bonds is 45. The Morgan fingerprint density at radius 2 is 0.783 bits per heavy atom. The first-order chi connectivity index (χ1) is 29.2. The molecule has 0 aliphatic carbocycles. The number of carboxylic acid groups (broad SMARTS) is 1. The van der Waals surface area contributed by atoms with Gasteiger partial charge in [0, 0.05) is 19.5 Å². The lowest BCUT2D eigenvalue weighted by Crippen LogP contribution is -2.41. The first-order valence-corrected chi connectivity index (χ1v) is 25.3. The number of nitrogens with zero attached hydrogens (tertiary/aromatic N) is 1. The maximum Gasteiger partial charge on any atom is 0.308 e. The number of carbonyl (C=O) groups excluding carboxylic acids is 4. The topological polar surface area (TPSA) is 139 Å². The predicted molar refractivity (Wildman–Crippen MR) is 246 cm³/mol. The van der Waals surface area contributed by atoms with Gasteiger partial charge < -0.3 is 24.8 Å². The molecule has 10 heteroatoms. The number of aliphatic carboxylic acids is 1. The van der Waals surface area contributed by atoms with Crippen molar-refractivity contribution in [3.8, 4) is 0 Å². The van der Waals surface area contributed by atoms with Crippen molar-refractivity contribution in [2.24, 2.45) is 11.8 Å². The Bertz CT molecular complexity index is 995. The standard InChI is InChI=1S/C50H94N2O8/c1-5-9-13-17-19-27-35-44(33-25-15-11-7-3)49(57)59-41-31-23-21-29-39-52(47(54)43-51-46(53)37-38-48(55)56)40-30-22-24-32-42-60-50(58)45(34-26-16-12-8-4)36-28-20-18-14-10-6-2/h44-45H,5-43H2,1-4H3,(H,51,53)(H,55,56). The van der Waals surface area contributed by atoms with Crippen molar-refractivity contribution in [2.75, 3.05) is 32.8 Å². The Kier molecular flexibility index (Phi) is 41.1. The van der Waals surface area contributed by atoms with E-state index in [0.717, 1.165) is 103 Å². The first-order valence-electron chi connectivity index (χ1n) is 25.3. The van der Waals surface area contributed by atoms with Crippen LogP contribution in [-0.2, 0) is 33.4 Å². The Morgan fingerprint density at radius 3 is 1.17 bits per heavy atom. The molecule has 0 bridgehead atoms. The van der Waals surface area contributed by atoms with Gasteiger partial charge in [-0.3, -0.25) is 24.0 Å². The highest BCUT2D eigenvalue weighted by Gasteiger charge is 2.21. The lowest BCUT2D eigenvalue weighted by molar-refractivity contribution is -0.150. The molecule has 0 aromatic carbocycles.